The highest BCUT2D eigenvalue weighted by Gasteiger charge is 2.30. The normalized spacial score (nSPS) is 27.1. The molecule has 2 rings (SSSR count). The quantitative estimate of drug-likeness (QED) is 0.672. The fraction of sp³-hybridized carbons (Fsp3) is 0.556. The van der Waals surface area contributed by atoms with Gasteiger partial charge in [0.05, 0.1) is 17.0 Å². The number of rotatable bonds is 4. The van der Waals surface area contributed by atoms with Crippen molar-refractivity contribution in [2.75, 3.05) is 6.26 Å². The molecule has 0 spiro atoms. The molecule has 2 nitrogen and oxygen atoms in total. The van der Waals surface area contributed by atoms with Gasteiger partial charge in [0.25, 0.3) is 0 Å². The van der Waals surface area contributed by atoms with Crippen molar-refractivity contribution in [1.82, 2.24) is 0 Å². The zero-order valence-electron chi connectivity index (χ0n) is 14.0. The molecule has 0 aromatic carbocycles. The minimum absolute atomic E-state index is 0.0699. The highest BCUT2D eigenvalue weighted by molar-refractivity contribution is 8.03. The van der Waals surface area contributed by atoms with E-state index in [-0.39, 0.29) is 5.54 Å². The standard InChI is InChI=1S/C18H26N2S/c1-7-13-11-18(5,8-2)20-17-15(13)9-14(19-12(3)4)10-16(17)21-6/h9-12H,7-8H2,1-6H3. The molecule has 0 amide bonds. The number of fused-ring (bicyclic) bond motifs is 1. The molecule has 114 valence electrons. The Morgan fingerprint density at radius 2 is 2.00 bits per heavy atom. The Balaban J connectivity index is 2.56. The van der Waals surface area contributed by atoms with Crippen molar-refractivity contribution in [2.45, 2.75) is 59.0 Å². The molecule has 1 heterocycles. The molecule has 21 heavy (non-hydrogen) atoms. The Morgan fingerprint density at radius 3 is 2.52 bits per heavy atom. The van der Waals surface area contributed by atoms with Gasteiger partial charge in [-0.15, -0.1) is 11.8 Å². The molecule has 0 saturated heterocycles. The fourth-order valence-electron chi connectivity index (χ4n) is 2.70. The van der Waals surface area contributed by atoms with Gasteiger partial charge in [0.2, 0.25) is 0 Å². The first-order chi connectivity index (χ1) is 9.92. The van der Waals surface area contributed by atoms with Gasteiger partial charge in [-0.1, -0.05) is 19.9 Å². The Bertz CT molecular complexity index is 576. The van der Waals surface area contributed by atoms with Crippen LogP contribution in [0.5, 0.6) is 0 Å². The van der Waals surface area contributed by atoms with Crippen LogP contribution in [-0.2, 0) is 0 Å². The van der Waals surface area contributed by atoms with Gasteiger partial charge in [-0.25, -0.2) is 0 Å². The molecular weight excluding hydrogens is 276 g/mol. The van der Waals surface area contributed by atoms with Gasteiger partial charge in [0.15, 0.2) is 0 Å². The molecule has 0 N–H and O–H groups in total. The first kappa shape index (κ1) is 16.3. The zero-order valence-corrected chi connectivity index (χ0v) is 14.8. The second-order valence-corrected chi connectivity index (χ2v) is 6.96. The number of nitrogens with zero attached hydrogens (tertiary/aromatic N) is 2. The maximum atomic E-state index is 5.05. The van der Waals surface area contributed by atoms with Crippen LogP contribution in [0.1, 0.15) is 47.5 Å². The van der Waals surface area contributed by atoms with Crippen LogP contribution in [0.15, 0.2) is 44.3 Å². The van der Waals surface area contributed by atoms with Crippen LogP contribution < -0.4 is 0 Å². The van der Waals surface area contributed by atoms with Crippen molar-refractivity contribution in [2.24, 2.45) is 9.98 Å². The first-order valence-electron chi connectivity index (χ1n) is 7.80. The molecule has 2 aliphatic rings. The fourth-order valence-corrected chi connectivity index (χ4v) is 3.28. The van der Waals surface area contributed by atoms with Crippen molar-refractivity contribution in [3.8, 4) is 0 Å². The van der Waals surface area contributed by atoms with E-state index in [2.05, 4.69) is 59.1 Å². The molecule has 0 aromatic heterocycles. The molecule has 1 atom stereocenters. The van der Waals surface area contributed by atoms with E-state index in [9.17, 15) is 0 Å². The van der Waals surface area contributed by atoms with Gasteiger partial charge in [-0.05, 0) is 57.6 Å². The number of allylic oxidation sites excluding steroid dienone is 5. The molecule has 0 fully saturated rings. The van der Waals surface area contributed by atoms with Crippen molar-refractivity contribution < 1.29 is 0 Å². The summed E-state index contributed by atoms with van der Waals surface area (Å²) in [5.74, 6) is 0. The largest absolute Gasteiger partial charge is 0.283 e. The maximum absolute atomic E-state index is 5.05. The Labute approximate surface area is 133 Å². The van der Waals surface area contributed by atoms with E-state index in [0.717, 1.165) is 24.3 Å². The third-order valence-electron chi connectivity index (χ3n) is 3.98. The van der Waals surface area contributed by atoms with Gasteiger partial charge < -0.3 is 0 Å². The van der Waals surface area contributed by atoms with E-state index in [0.29, 0.717) is 6.04 Å². The Morgan fingerprint density at radius 1 is 1.29 bits per heavy atom. The Kier molecular flexibility index (Phi) is 4.92. The third-order valence-corrected chi connectivity index (χ3v) is 4.73. The molecule has 1 unspecified atom stereocenters. The van der Waals surface area contributed by atoms with Crippen LogP contribution in [0.2, 0.25) is 0 Å². The number of thioether (sulfide) groups is 1. The molecule has 3 heteroatoms. The van der Waals surface area contributed by atoms with Crippen molar-refractivity contribution >= 4 is 23.2 Å². The lowest BCUT2D eigenvalue weighted by Gasteiger charge is -2.32. The highest BCUT2D eigenvalue weighted by Crippen LogP contribution is 2.37. The first-order valence-corrected chi connectivity index (χ1v) is 9.02. The molecule has 0 bridgehead atoms. The van der Waals surface area contributed by atoms with Gasteiger partial charge in [0.1, 0.15) is 0 Å². The van der Waals surface area contributed by atoms with Crippen LogP contribution >= 0.6 is 11.8 Å². The van der Waals surface area contributed by atoms with Gasteiger partial charge in [-0.2, -0.15) is 0 Å². The topological polar surface area (TPSA) is 24.7 Å². The van der Waals surface area contributed by atoms with Crippen LogP contribution in [0.3, 0.4) is 0 Å². The van der Waals surface area contributed by atoms with Crippen LogP contribution in [0.25, 0.3) is 0 Å². The van der Waals surface area contributed by atoms with Crippen molar-refractivity contribution in [1.29, 1.82) is 0 Å². The van der Waals surface area contributed by atoms with E-state index in [1.54, 1.807) is 11.8 Å². The monoisotopic (exact) mass is 302 g/mol. The van der Waals surface area contributed by atoms with Crippen molar-refractivity contribution in [3.63, 3.8) is 0 Å². The summed E-state index contributed by atoms with van der Waals surface area (Å²) >= 11 is 1.77. The second-order valence-electron chi connectivity index (χ2n) is 6.11. The number of dihydropyridines is 1. The number of hydrogen-bond donors (Lipinski definition) is 0. The summed E-state index contributed by atoms with van der Waals surface area (Å²) in [5, 5.41) is 0. The van der Waals surface area contributed by atoms with E-state index in [1.807, 2.05) is 0 Å². The second kappa shape index (κ2) is 6.35. The molecule has 0 radical (unpaired) electrons. The smallest absolute Gasteiger partial charge is 0.0797 e. The summed E-state index contributed by atoms with van der Waals surface area (Å²) in [6, 6.07) is 0.313. The number of hydrogen-bond acceptors (Lipinski definition) is 3. The molecule has 1 aliphatic heterocycles. The number of aliphatic imine (C=N–C) groups is 2. The summed E-state index contributed by atoms with van der Waals surface area (Å²) < 4.78 is 0. The van der Waals surface area contributed by atoms with Crippen LogP contribution in [-0.4, -0.2) is 29.3 Å². The van der Waals surface area contributed by atoms with E-state index < -0.39 is 0 Å². The zero-order chi connectivity index (χ0) is 15.6. The minimum Gasteiger partial charge on any atom is -0.283 e. The lowest BCUT2D eigenvalue weighted by molar-refractivity contribution is 0.559. The average Bonchev–Trinajstić information content (AvgIpc) is 2.45. The van der Waals surface area contributed by atoms with E-state index in [4.69, 9.17) is 9.98 Å². The van der Waals surface area contributed by atoms with E-state index >= 15 is 0 Å². The highest BCUT2D eigenvalue weighted by atomic mass is 32.2. The summed E-state index contributed by atoms with van der Waals surface area (Å²) in [7, 11) is 0. The molecule has 1 aliphatic carbocycles. The van der Waals surface area contributed by atoms with Gasteiger partial charge in [0, 0.05) is 16.5 Å². The Hall–Kier alpha value is -1.09. The molecule has 0 aromatic rings. The van der Waals surface area contributed by atoms with E-state index in [1.165, 1.54) is 16.1 Å². The van der Waals surface area contributed by atoms with Gasteiger partial charge in [-0.3, -0.25) is 9.98 Å². The lowest BCUT2D eigenvalue weighted by atomic mass is 9.84. The van der Waals surface area contributed by atoms with Crippen LogP contribution in [0.4, 0.5) is 0 Å². The third kappa shape index (κ3) is 3.39. The predicted octanol–water partition coefficient (Wildman–Crippen LogP) is 4.98. The SMILES string of the molecule is CCC1=CC(C)(CC)N=C2C(SC)=CC(=NC(C)C)C=C12. The molecule has 0 saturated carbocycles. The maximum Gasteiger partial charge on any atom is 0.0797 e. The lowest BCUT2D eigenvalue weighted by Crippen LogP contribution is -2.29. The van der Waals surface area contributed by atoms with Crippen LogP contribution in [0, 0.1) is 0 Å². The summed E-state index contributed by atoms with van der Waals surface area (Å²) in [5.41, 5.74) is 4.84. The summed E-state index contributed by atoms with van der Waals surface area (Å²) in [6.45, 7) is 10.9. The minimum atomic E-state index is -0.0699. The van der Waals surface area contributed by atoms with Gasteiger partial charge >= 0.3 is 0 Å². The molecular formula is C18H26N2S. The summed E-state index contributed by atoms with van der Waals surface area (Å²) in [4.78, 5) is 11.0. The van der Waals surface area contributed by atoms with Crippen molar-refractivity contribution in [3.05, 3.63) is 34.3 Å². The predicted molar refractivity (Wildman–Crippen MR) is 96.8 cm³/mol. The average molecular weight is 302 g/mol. The summed E-state index contributed by atoms with van der Waals surface area (Å²) in [6.07, 6.45) is 10.9.